The summed E-state index contributed by atoms with van der Waals surface area (Å²) in [5.74, 6) is 0. The van der Waals surface area contributed by atoms with Crippen molar-refractivity contribution in [3.63, 3.8) is 0 Å². The number of nitrogens with one attached hydrogen (secondary N) is 1. The van der Waals surface area contributed by atoms with Gasteiger partial charge in [-0.2, -0.15) is 0 Å². The molecule has 1 atom stereocenters. The van der Waals surface area contributed by atoms with Crippen LogP contribution in [0.3, 0.4) is 0 Å². The Balaban J connectivity index is 2.02. The zero-order chi connectivity index (χ0) is 11.5. The molecule has 1 aliphatic rings. The third-order valence-electron chi connectivity index (χ3n) is 3.15. The third kappa shape index (κ3) is 3.06. The first-order valence-electron chi connectivity index (χ1n) is 5.86. The van der Waals surface area contributed by atoms with Gasteiger partial charge >= 0.3 is 0 Å². The summed E-state index contributed by atoms with van der Waals surface area (Å²) in [7, 11) is 0. The minimum Gasteiger partial charge on any atom is -0.312 e. The van der Waals surface area contributed by atoms with Crippen LogP contribution in [0.5, 0.6) is 0 Å². The van der Waals surface area contributed by atoms with Crippen molar-refractivity contribution >= 4 is 15.9 Å². The van der Waals surface area contributed by atoms with E-state index in [0.29, 0.717) is 6.04 Å². The largest absolute Gasteiger partial charge is 0.312 e. The number of nitrogens with zero attached hydrogens (tertiary/aromatic N) is 1. The lowest BCUT2D eigenvalue weighted by molar-refractivity contribution is 0.199. The van der Waals surface area contributed by atoms with Crippen LogP contribution in [0.1, 0.15) is 18.1 Å². The van der Waals surface area contributed by atoms with Crippen molar-refractivity contribution in [2.75, 3.05) is 19.6 Å². The number of hydrogen-bond acceptors (Lipinski definition) is 2. The molecular formula is C13H19BrN2. The van der Waals surface area contributed by atoms with E-state index in [2.05, 4.69) is 58.2 Å². The van der Waals surface area contributed by atoms with Crippen LogP contribution in [0.4, 0.5) is 0 Å². The maximum atomic E-state index is 3.51. The van der Waals surface area contributed by atoms with E-state index in [1.54, 1.807) is 0 Å². The molecule has 0 radical (unpaired) electrons. The fourth-order valence-corrected chi connectivity index (χ4v) is 2.71. The second-order valence-corrected chi connectivity index (χ2v) is 5.58. The van der Waals surface area contributed by atoms with E-state index in [9.17, 15) is 0 Å². The van der Waals surface area contributed by atoms with E-state index in [1.807, 2.05) is 0 Å². The molecule has 0 spiro atoms. The Labute approximate surface area is 106 Å². The van der Waals surface area contributed by atoms with Crippen molar-refractivity contribution < 1.29 is 0 Å². The fraction of sp³-hybridized carbons (Fsp3) is 0.538. The zero-order valence-corrected chi connectivity index (χ0v) is 11.5. The third-order valence-corrected chi connectivity index (χ3v) is 3.64. The number of hydrogen-bond donors (Lipinski definition) is 1. The van der Waals surface area contributed by atoms with Crippen LogP contribution in [-0.4, -0.2) is 30.6 Å². The molecule has 1 aliphatic heterocycles. The van der Waals surface area contributed by atoms with E-state index in [1.165, 1.54) is 15.6 Å². The molecule has 1 fully saturated rings. The van der Waals surface area contributed by atoms with Crippen LogP contribution in [0.15, 0.2) is 22.7 Å². The van der Waals surface area contributed by atoms with Crippen LogP contribution < -0.4 is 5.32 Å². The van der Waals surface area contributed by atoms with Gasteiger partial charge in [0, 0.05) is 36.7 Å². The highest BCUT2D eigenvalue weighted by molar-refractivity contribution is 9.10. The molecule has 1 N–H and O–H groups in total. The van der Waals surface area contributed by atoms with Crippen molar-refractivity contribution in [2.45, 2.75) is 26.4 Å². The average Bonchev–Trinajstić information content (AvgIpc) is 2.22. The Morgan fingerprint density at radius 3 is 3.00 bits per heavy atom. The number of rotatable bonds is 2. The summed E-state index contributed by atoms with van der Waals surface area (Å²) in [4.78, 5) is 2.53. The average molecular weight is 283 g/mol. The summed E-state index contributed by atoms with van der Waals surface area (Å²) < 4.78 is 1.17. The van der Waals surface area contributed by atoms with Gasteiger partial charge < -0.3 is 5.32 Å². The lowest BCUT2D eigenvalue weighted by atomic mass is 10.1. The van der Waals surface area contributed by atoms with E-state index in [-0.39, 0.29) is 0 Å². The van der Waals surface area contributed by atoms with Crippen LogP contribution in [0.2, 0.25) is 0 Å². The van der Waals surface area contributed by atoms with Gasteiger partial charge in [0.05, 0.1) is 0 Å². The topological polar surface area (TPSA) is 15.3 Å². The smallest absolute Gasteiger partial charge is 0.0237 e. The Hall–Kier alpha value is -0.380. The highest BCUT2D eigenvalue weighted by Gasteiger charge is 2.15. The van der Waals surface area contributed by atoms with E-state index in [0.717, 1.165) is 26.2 Å². The Morgan fingerprint density at radius 2 is 2.31 bits per heavy atom. The molecule has 0 aromatic heterocycles. The molecule has 3 heteroatoms. The monoisotopic (exact) mass is 282 g/mol. The Morgan fingerprint density at radius 1 is 1.50 bits per heavy atom. The lowest BCUT2D eigenvalue weighted by Gasteiger charge is -2.32. The summed E-state index contributed by atoms with van der Waals surface area (Å²) >= 11 is 3.51. The van der Waals surface area contributed by atoms with Crippen LogP contribution in [-0.2, 0) is 6.54 Å². The molecule has 88 valence electrons. The summed E-state index contributed by atoms with van der Waals surface area (Å²) in [5.41, 5.74) is 2.82. The SMILES string of the molecule is Cc1cc(Br)ccc1CN1CCNC(C)C1. The molecule has 1 heterocycles. The van der Waals surface area contributed by atoms with Gasteiger partial charge in [0.1, 0.15) is 0 Å². The standard InChI is InChI=1S/C13H19BrN2/c1-10-7-13(14)4-3-12(10)9-16-6-5-15-11(2)8-16/h3-4,7,11,15H,5-6,8-9H2,1-2H3. The van der Waals surface area contributed by atoms with Gasteiger partial charge in [0.15, 0.2) is 0 Å². The van der Waals surface area contributed by atoms with Crippen LogP contribution >= 0.6 is 15.9 Å². The molecular weight excluding hydrogens is 264 g/mol. The number of halogens is 1. The molecule has 0 amide bonds. The minimum atomic E-state index is 0.615. The molecule has 2 rings (SSSR count). The summed E-state index contributed by atoms with van der Waals surface area (Å²) in [6.07, 6.45) is 0. The highest BCUT2D eigenvalue weighted by atomic mass is 79.9. The van der Waals surface area contributed by atoms with Crippen molar-refractivity contribution in [3.8, 4) is 0 Å². The molecule has 1 aromatic rings. The van der Waals surface area contributed by atoms with Crippen LogP contribution in [0.25, 0.3) is 0 Å². The van der Waals surface area contributed by atoms with E-state index >= 15 is 0 Å². The molecule has 0 saturated carbocycles. The van der Waals surface area contributed by atoms with Crippen molar-refractivity contribution in [1.82, 2.24) is 10.2 Å². The van der Waals surface area contributed by atoms with E-state index < -0.39 is 0 Å². The first kappa shape index (κ1) is 12.1. The molecule has 2 nitrogen and oxygen atoms in total. The Bertz CT molecular complexity index is 365. The highest BCUT2D eigenvalue weighted by Crippen LogP contribution is 2.17. The van der Waals surface area contributed by atoms with Gasteiger partial charge in [-0.3, -0.25) is 4.90 Å². The fourth-order valence-electron chi connectivity index (χ4n) is 2.23. The van der Waals surface area contributed by atoms with Gasteiger partial charge in [-0.05, 0) is 37.1 Å². The van der Waals surface area contributed by atoms with E-state index in [4.69, 9.17) is 0 Å². The first-order chi connectivity index (χ1) is 7.65. The molecule has 0 aliphatic carbocycles. The minimum absolute atomic E-state index is 0.615. The van der Waals surface area contributed by atoms with Crippen molar-refractivity contribution in [1.29, 1.82) is 0 Å². The number of aryl methyl sites for hydroxylation is 1. The van der Waals surface area contributed by atoms with Crippen LogP contribution in [0, 0.1) is 6.92 Å². The van der Waals surface area contributed by atoms with Gasteiger partial charge in [-0.15, -0.1) is 0 Å². The normalized spacial score (nSPS) is 22.3. The van der Waals surface area contributed by atoms with Crippen molar-refractivity contribution in [2.24, 2.45) is 0 Å². The summed E-state index contributed by atoms with van der Waals surface area (Å²) in [6.45, 7) is 8.92. The van der Waals surface area contributed by atoms with Gasteiger partial charge in [-0.1, -0.05) is 22.0 Å². The lowest BCUT2D eigenvalue weighted by Crippen LogP contribution is -2.48. The predicted molar refractivity (Wildman–Crippen MR) is 71.6 cm³/mol. The van der Waals surface area contributed by atoms with Gasteiger partial charge in [-0.25, -0.2) is 0 Å². The molecule has 1 aromatic carbocycles. The van der Waals surface area contributed by atoms with Crippen molar-refractivity contribution in [3.05, 3.63) is 33.8 Å². The molecule has 1 saturated heterocycles. The summed E-state index contributed by atoms with van der Waals surface area (Å²) in [5, 5.41) is 3.47. The predicted octanol–water partition coefficient (Wildman–Crippen LogP) is 2.55. The zero-order valence-electron chi connectivity index (χ0n) is 9.96. The number of benzene rings is 1. The first-order valence-corrected chi connectivity index (χ1v) is 6.65. The maximum absolute atomic E-state index is 3.51. The molecule has 16 heavy (non-hydrogen) atoms. The Kier molecular flexibility index (Phi) is 4.00. The maximum Gasteiger partial charge on any atom is 0.0237 e. The quantitative estimate of drug-likeness (QED) is 0.897. The molecule has 1 unspecified atom stereocenters. The second kappa shape index (κ2) is 5.30. The second-order valence-electron chi connectivity index (χ2n) is 4.66. The van der Waals surface area contributed by atoms with Gasteiger partial charge in [0.2, 0.25) is 0 Å². The van der Waals surface area contributed by atoms with Gasteiger partial charge in [0.25, 0.3) is 0 Å². The summed E-state index contributed by atoms with van der Waals surface area (Å²) in [6, 6.07) is 7.17. The number of piperazine rings is 1. The molecule has 0 bridgehead atoms.